The van der Waals surface area contributed by atoms with Gasteiger partial charge in [0.25, 0.3) is 5.91 Å². The number of hydroxylamine groups is 2. The number of benzene rings is 2. The van der Waals surface area contributed by atoms with Gasteiger partial charge in [0.2, 0.25) is 0 Å². The molecule has 0 radical (unpaired) electrons. The molecule has 2 rings (SSSR count). The van der Waals surface area contributed by atoms with E-state index >= 15 is 0 Å². The number of unbranched alkanes of at least 4 members (excludes halogenated alkanes) is 9. The predicted octanol–water partition coefficient (Wildman–Crippen LogP) is 6.36. The number of carboxylic acid groups (broad SMARTS) is 1. The fourth-order valence-corrected chi connectivity index (χ4v) is 4.16. The van der Waals surface area contributed by atoms with E-state index in [2.05, 4.69) is 12.2 Å². The first-order valence-electron chi connectivity index (χ1n) is 13.6. The molecule has 2 aromatic carbocycles. The number of methoxy groups -OCH3 is 1. The summed E-state index contributed by atoms with van der Waals surface area (Å²) in [7, 11) is 1.61. The van der Waals surface area contributed by atoms with Crippen molar-refractivity contribution in [1.82, 2.24) is 10.4 Å². The van der Waals surface area contributed by atoms with Crippen molar-refractivity contribution in [1.29, 1.82) is 0 Å². The summed E-state index contributed by atoms with van der Waals surface area (Å²) in [5.74, 6) is -0.385. The van der Waals surface area contributed by atoms with Crippen LogP contribution in [-0.4, -0.2) is 42.3 Å². The number of aliphatic carboxylic acids is 1. The van der Waals surface area contributed by atoms with Crippen LogP contribution in [0.25, 0.3) is 0 Å². The normalized spacial score (nSPS) is 11.0. The summed E-state index contributed by atoms with van der Waals surface area (Å²) in [4.78, 5) is 29.2. The monoisotopic (exact) mass is 512 g/mol. The van der Waals surface area contributed by atoms with Gasteiger partial charge in [0, 0.05) is 25.2 Å². The largest absolute Gasteiger partial charge is 0.497 e. The van der Waals surface area contributed by atoms with Crippen LogP contribution in [0.15, 0.2) is 48.5 Å². The molecular formula is C30H44N2O5. The highest BCUT2D eigenvalue weighted by Gasteiger charge is 2.13. The molecule has 0 saturated carbocycles. The van der Waals surface area contributed by atoms with Gasteiger partial charge >= 0.3 is 5.97 Å². The van der Waals surface area contributed by atoms with Gasteiger partial charge in [0.05, 0.1) is 7.11 Å². The van der Waals surface area contributed by atoms with E-state index in [4.69, 9.17) is 14.7 Å². The van der Waals surface area contributed by atoms with E-state index < -0.39 is 12.6 Å². The third kappa shape index (κ3) is 13.3. The highest BCUT2D eigenvalue weighted by atomic mass is 16.7. The van der Waals surface area contributed by atoms with Gasteiger partial charge in [0.1, 0.15) is 5.75 Å². The Balaban J connectivity index is 1.78. The lowest BCUT2D eigenvalue weighted by Gasteiger charge is -2.21. The average molecular weight is 513 g/mol. The molecule has 0 atom stereocenters. The van der Waals surface area contributed by atoms with E-state index in [1.54, 1.807) is 18.2 Å². The number of carbonyl (C=O) groups excluding carboxylic acids is 1. The molecular weight excluding hydrogens is 468 g/mol. The van der Waals surface area contributed by atoms with E-state index in [1.165, 1.54) is 51.4 Å². The second-order valence-corrected chi connectivity index (χ2v) is 9.45. The number of hydrogen-bond acceptors (Lipinski definition) is 5. The SMILES string of the molecule is CCCCCCCCCCCCNC(=O)c1cccc(CN(Cc2ccc(OC)cc2)OCC(=O)O)c1. The molecule has 0 saturated heterocycles. The topological polar surface area (TPSA) is 88.1 Å². The molecule has 0 spiro atoms. The summed E-state index contributed by atoms with van der Waals surface area (Å²) in [6.45, 7) is 3.22. The highest BCUT2D eigenvalue weighted by molar-refractivity contribution is 5.94. The van der Waals surface area contributed by atoms with Gasteiger partial charge in [-0.1, -0.05) is 89.0 Å². The van der Waals surface area contributed by atoms with Crippen molar-refractivity contribution in [2.45, 2.75) is 84.2 Å². The van der Waals surface area contributed by atoms with Gasteiger partial charge in [0.15, 0.2) is 6.61 Å². The molecule has 0 bridgehead atoms. The van der Waals surface area contributed by atoms with Gasteiger partial charge in [-0.15, -0.1) is 0 Å². The van der Waals surface area contributed by atoms with Gasteiger partial charge in [-0.25, -0.2) is 4.79 Å². The zero-order valence-corrected chi connectivity index (χ0v) is 22.5. The van der Waals surface area contributed by atoms with Crippen LogP contribution in [0.1, 0.15) is 92.6 Å². The minimum atomic E-state index is -1.04. The quantitative estimate of drug-likeness (QED) is 0.158. The van der Waals surface area contributed by atoms with Crippen molar-refractivity contribution in [3.8, 4) is 5.75 Å². The fraction of sp³-hybridized carbons (Fsp3) is 0.533. The van der Waals surface area contributed by atoms with Gasteiger partial charge in [-0.3, -0.25) is 9.63 Å². The Labute approximate surface area is 222 Å². The van der Waals surface area contributed by atoms with Gasteiger partial charge < -0.3 is 15.2 Å². The van der Waals surface area contributed by atoms with Crippen molar-refractivity contribution in [3.05, 3.63) is 65.2 Å². The van der Waals surface area contributed by atoms with Crippen molar-refractivity contribution in [2.24, 2.45) is 0 Å². The minimum absolute atomic E-state index is 0.0917. The average Bonchev–Trinajstić information content (AvgIpc) is 2.90. The van der Waals surface area contributed by atoms with Crippen molar-refractivity contribution < 1.29 is 24.3 Å². The van der Waals surface area contributed by atoms with Crippen LogP contribution in [0, 0.1) is 0 Å². The van der Waals surface area contributed by atoms with Crippen molar-refractivity contribution in [3.63, 3.8) is 0 Å². The van der Waals surface area contributed by atoms with Crippen LogP contribution in [0.2, 0.25) is 0 Å². The number of nitrogens with one attached hydrogen (secondary N) is 1. The molecule has 0 aliphatic carbocycles. The minimum Gasteiger partial charge on any atom is -0.497 e. The first-order chi connectivity index (χ1) is 18.0. The Hall–Kier alpha value is -2.90. The zero-order chi connectivity index (χ0) is 26.7. The molecule has 0 aliphatic heterocycles. The third-order valence-corrected chi connectivity index (χ3v) is 6.25. The van der Waals surface area contributed by atoms with Crippen LogP contribution in [-0.2, 0) is 22.7 Å². The summed E-state index contributed by atoms with van der Waals surface area (Å²) in [6.07, 6.45) is 12.6. The maximum absolute atomic E-state index is 12.7. The smallest absolute Gasteiger partial charge is 0.331 e. The lowest BCUT2D eigenvalue weighted by molar-refractivity contribution is -0.190. The Bertz CT molecular complexity index is 916. The van der Waals surface area contributed by atoms with Crippen LogP contribution in [0.3, 0.4) is 0 Å². The van der Waals surface area contributed by atoms with E-state index in [-0.39, 0.29) is 5.91 Å². The van der Waals surface area contributed by atoms with Crippen LogP contribution >= 0.6 is 0 Å². The molecule has 0 fully saturated rings. The van der Waals surface area contributed by atoms with E-state index in [9.17, 15) is 9.59 Å². The molecule has 0 unspecified atom stereocenters. The second-order valence-electron chi connectivity index (χ2n) is 9.45. The highest BCUT2D eigenvalue weighted by Crippen LogP contribution is 2.16. The van der Waals surface area contributed by atoms with Crippen LogP contribution < -0.4 is 10.1 Å². The van der Waals surface area contributed by atoms with E-state index in [0.29, 0.717) is 25.2 Å². The molecule has 0 heterocycles. The molecule has 2 N–H and O–H groups in total. The zero-order valence-electron chi connectivity index (χ0n) is 22.5. The summed E-state index contributed by atoms with van der Waals surface area (Å²) in [6, 6.07) is 14.9. The Morgan fingerprint density at radius 3 is 2.08 bits per heavy atom. The Morgan fingerprint density at radius 2 is 1.46 bits per heavy atom. The Morgan fingerprint density at radius 1 is 0.838 bits per heavy atom. The number of carbonyl (C=O) groups is 2. The third-order valence-electron chi connectivity index (χ3n) is 6.25. The van der Waals surface area contributed by atoms with Gasteiger partial charge in [-0.2, -0.15) is 5.06 Å². The summed E-state index contributed by atoms with van der Waals surface area (Å²) >= 11 is 0. The predicted molar refractivity (Wildman–Crippen MR) is 146 cm³/mol. The number of rotatable bonds is 20. The number of ether oxygens (including phenoxy) is 1. The number of nitrogens with zero attached hydrogens (tertiary/aromatic N) is 1. The number of amides is 1. The fourth-order valence-electron chi connectivity index (χ4n) is 4.16. The molecule has 0 aliphatic rings. The lowest BCUT2D eigenvalue weighted by atomic mass is 10.1. The summed E-state index contributed by atoms with van der Waals surface area (Å²) < 4.78 is 5.20. The van der Waals surface area contributed by atoms with Crippen molar-refractivity contribution >= 4 is 11.9 Å². The standard InChI is InChI=1S/C30H44N2O5/c1-3-4-5-6-7-8-9-10-11-12-20-31-30(35)27-15-13-14-26(21-27)23-32(37-24-29(33)34)22-25-16-18-28(36-2)19-17-25/h13-19,21H,3-12,20,22-24H2,1-2H3,(H,31,35)(H,33,34). The van der Waals surface area contributed by atoms with Crippen molar-refractivity contribution in [2.75, 3.05) is 20.3 Å². The molecule has 0 aromatic heterocycles. The lowest BCUT2D eigenvalue weighted by Crippen LogP contribution is -2.27. The van der Waals surface area contributed by atoms with Crippen LogP contribution in [0.5, 0.6) is 5.75 Å². The summed E-state index contributed by atoms with van der Waals surface area (Å²) in [5.41, 5.74) is 2.41. The molecule has 37 heavy (non-hydrogen) atoms. The number of hydrogen-bond donors (Lipinski definition) is 2. The van der Waals surface area contributed by atoms with E-state index in [0.717, 1.165) is 29.7 Å². The first-order valence-corrected chi connectivity index (χ1v) is 13.6. The summed E-state index contributed by atoms with van der Waals surface area (Å²) in [5, 5.41) is 13.7. The number of carboxylic acids is 1. The van der Waals surface area contributed by atoms with Gasteiger partial charge in [-0.05, 0) is 41.8 Å². The molecule has 7 heteroatoms. The maximum Gasteiger partial charge on any atom is 0.331 e. The molecule has 204 valence electrons. The second kappa shape index (κ2) is 18.4. The first kappa shape index (κ1) is 30.3. The molecule has 1 amide bonds. The maximum atomic E-state index is 12.7. The Kier molecular flexibility index (Phi) is 15.0. The molecule has 7 nitrogen and oxygen atoms in total. The van der Waals surface area contributed by atoms with Crippen LogP contribution in [0.4, 0.5) is 0 Å². The molecule has 2 aromatic rings. The van der Waals surface area contributed by atoms with E-state index in [1.807, 2.05) is 42.5 Å².